The molecule has 6 heteroatoms. The quantitative estimate of drug-likeness (QED) is 0.785. The van der Waals surface area contributed by atoms with E-state index < -0.39 is 0 Å². The summed E-state index contributed by atoms with van der Waals surface area (Å²) in [6.07, 6.45) is 0. The molecular weight excluding hydrogens is 320 g/mol. The fourth-order valence-corrected chi connectivity index (χ4v) is 2.86. The third-order valence-electron chi connectivity index (χ3n) is 3.23. The minimum absolute atomic E-state index is 0. The van der Waals surface area contributed by atoms with Gasteiger partial charge in [0.15, 0.2) is 0 Å². The number of hydrogen-bond donors (Lipinski definition) is 1. The first kappa shape index (κ1) is 13.6. The molecule has 1 atom stereocenters. The number of fused-ring (bicyclic) bond motifs is 2. The number of ether oxygens (including phenoxy) is 1. The second kappa shape index (κ2) is 5.47. The van der Waals surface area contributed by atoms with Crippen LogP contribution in [-0.4, -0.2) is 43.1 Å². The van der Waals surface area contributed by atoms with Crippen molar-refractivity contribution in [1.29, 1.82) is 0 Å². The molecule has 2 aliphatic rings. The van der Waals surface area contributed by atoms with Crippen LogP contribution in [-0.2, 0) is 0 Å². The lowest BCUT2D eigenvalue weighted by Gasteiger charge is -2.33. The summed E-state index contributed by atoms with van der Waals surface area (Å²) < 4.78 is 6.54. The molecule has 1 N–H and O–H groups in total. The van der Waals surface area contributed by atoms with E-state index in [1.807, 2.05) is 23.1 Å². The van der Waals surface area contributed by atoms with Crippen LogP contribution < -0.4 is 10.1 Å². The first-order valence-electron chi connectivity index (χ1n) is 5.70. The highest BCUT2D eigenvalue weighted by Crippen LogP contribution is 2.31. The van der Waals surface area contributed by atoms with Gasteiger partial charge in [0, 0.05) is 24.1 Å². The maximum absolute atomic E-state index is 12.5. The van der Waals surface area contributed by atoms with E-state index in [2.05, 4.69) is 21.2 Å². The maximum atomic E-state index is 12.5. The predicted octanol–water partition coefficient (Wildman–Crippen LogP) is 1.68. The third kappa shape index (κ3) is 2.22. The number of rotatable bonds is 0. The lowest BCUT2D eigenvalue weighted by Crippen LogP contribution is -2.54. The minimum atomic E-state index is 0. The van der Waals surface area contributed by atoms with Gasteiger partial charge in [0.2, 0.25) is 0 Å². The molecule has 4 nitrogen and oxygen atoms in total. The van der Waals surface area contributed by atoms with Crippen molar-refractivity contribution < 1.29 is 9.53 Å². The van der Waals surface area contributed by atoms with E-state index in [0.29, 0.717) is 17.9 Å². The van der Waals surface area contributed by atoms with Gasteiger partial charge in [-0.2, -0.15) is 0 Å². The number of nitrogens with zero attached hydrogens (tertiary/aromatic N) is 1. The largest absolute Gasteiger partial charge is 0.491 e. The van der Waals surface area contributed by atoms with Gasteiger partial charge in [-0.15, -0.1) is 12.4 Å². The van der Waals surface area contributed by atoms with E-state index in [1.165, 1.54) is 0 Å². The second-order valence-corrected chi connectivity index (χ2v) is 5.13. The summed E-state index contributed by atoms with van der Waals surface area (Å²) in [4.78, 5) is 14.4. The molecule has 0 spiro atoms. The number of benzene rings is 1. The van der Waals surface area contributed by atoms with Crippen LogP contribution in [0.5, 0.6) is 5.75 Å². The van der Waals surface area contributed by atoms with E-state index in [4.69, 9.17) is 4.74 Å². The summed E-state index contributed by atoms with van der Waals surface area (Å²) in [5.74, 6) is 0.746. The zero-order chi connectivity index (χ0) is 11.8. The Labute approximate surface area is 120 Å². The van der Waals surface area contributed by atoms with E-state index in [9.17, 15) is 4.79 Å². The molecule has 0 bridgehead atoms. The molecule has 18 heavy (non-hydrogen) atoms. The number of piperazine rings is 1. The molecule has 2 aliphatic heterocycles. The van der Waals surface area contributed by atoms with Crippen molar-refractivity contribution in [3.8, 4) is 5.75 Å². The monoisotopic (exact) mass is 332 g/mol. The molecule has 0 aliphatic carbocycles. The van der Waals surface area contributed by atoms with E-state index >= 15 is 0 Å². The minimum Gasteiger partial charge on any atom is -0.491 e. The summed E-state index contributed by atoms with van der Waals surface area (Å²) in [6.45, 7) is 2.95. The van der Waals surface area contributed by atoms with Crippen molar-refractivity contribution in [2.75, 3.05) is 26.2 Å². The van der Waals surface area contributed by atoms with Crippen molar-refractivity contribution in [1.82, 2.24) is 10.2 Å². The van der Waals surface area contributed by atoms with Crippen LogP contribution in [0.4, 0.5) is 0 Å². The average molecular weight is 334 g/mol. The molecule has 2 heterocycles. The van der Waals surface area contributed by atoms with Gasteiger partial charge in [-0.05, 0) is 28.1 Å². The number of carbonyl (C=O) groups excluding carboxylic acids is 1. The Hall–Kier alpha value is -0.780. The number of amides is 1. The standard InChI is InChI=1S/C12H13BrN2O2.ClH/c13-9-2-1-3-10-11(9)12(16)15-5-4-14-6-8(15)7-17-10;/h1-3,8,14H,4-7H2;1H. The Balaban J connectivity index is 0.00000120. The van der Waals surface area contributed by atoms with Crippen molar-refractivity contribution >= 4 is 34.2 Å². The van der Waals surface area contributed by atoms with E-state index in [-0.39, 0.29) is 24.4 Å². The van der Waals surface area contributed by atoms with Crippen LogP contribution in [0, 0.1) is 0 Å². The first-order valence-corrected chi connectivity index (χ1v) is 6.49. The summed E-state index contributed by atoms with van der Waals surface area (Å²) in [6, 6.07) is 5.75. The summed E-state index contributed by atoms with van der Waals surface area (Å²) in [5.41, 5.74) is 0.650. The normalized spacial score (nSPS) is 22.2. The Morgan fingerprint density at radius 3 is 3.11 bits per heavy atom. The van der Waals surface area contributed by atoms with Crippen LogP contribution in [0.25, 0.3) is 0 Å². The van der Waals surface area contributed by atoms with Crippen molar-refractivity contribution in [3.05, 3.63) is 28.2 Å². The lowest BCUT2D eigenvalue weighted by molar-refractivity contribution is 0.0606. The Morgan fingerprint density at radius 1 is 1.44 bits per heavy atom. The average Bonchev–Trinajstić information content (AvgIpc) is 2.49. The van der Waals surface area contributed by atoms with Gasteiger partial charge in [-0.3, -0.25) is 4.79 Å². The van der Waals surface area contributed by atoms with Crippen molar-refractivity contribution in [2.24, 2.45) is 0 Å². The molecule has 1 unspecified atom stereocenters. The van der Waals surface area contributed by atoms with Gasteiger partial charge < -0.3 is 15.0 Å². The summed E-state index contributed by atoms with van der Waals surface area (Å²) in [5, 5.41) is 3.29. The van der Waals surface area contributed by atoms with Crippen molar-refractivity contribution in [3.63, 3.8) is 0 Å². The zero-order valence-corrected chi connectivity index (χ0v) is 12.1. The molecule has 0 aromatic heterocycles. The molecular formula is C12H14BrClN2O2. The fraction of sp³-hybridized carbons (Fsp3) is 0.417. The molecule has 1 aromatic carbocycles. The highest BCUT2D eigenvalue weighted by atomic mass is 79.9. The van der Waals surface area contributed by atoms with Crippen LogP contribution in [0.2, 0.25) is 0 Å². The molecule has 3 rings (SSSR count). The van der Waals surface area contributed by atoms with Crippen molar-refractivity contribution in [2.45, 2.75) is 6.04 Å². The van der Waals surface area contributed by atoms with Gasteiger partial charge in [-0.1, -0.05) is 6.07 Å². The molecule has 1 amide bonds. The highest BCUT2D eigenvalue weighted by molar-refractivity contribution is 9.10. The molecule has 1 aromatic rings. The maximum Gasteiger partial charge on any atom is 0.259 e. The van der Waals surface area contributed by atoms with Crippen LogP contribution in [0.3, 0.4) is 0 Å². The zero-order valence-electron chi connectivity index (χ0n) is 9.69. The first-order chi connectivity index (χ1) is 8.27. The summed E-state index contributed by atoms with van der Waals surface area (Å²) in [7, 11) is 0. The van der Waals surface area contributed by atoms with Crippen LogP contribution in [0.15, 0.2) is 22.7 Å². The second-order valence-electron chi connectivity index (χ2n) is 4.28. The van der Waals surface area contributed by atoms with Gasteiger partial charge in [0.1, 0.15) is 12.4 Å². The smallest absolute Gasteiger partial charge is 0.259 e. The third-order valence-corrected chi connectivity index (χ3v) is 3.89. The highest BCUT2D eigenvalue weighted by Gasteiger charge is 2.33. The number of hydrogen-bond acceptors (Lipinski definition) is 3. The molecule has 1 fully saturated rings. The molecule has 98 valence electrons. The van der Waals surface area contributed by atoms with E-state index in [1.54, 1.807) is 0 Å². The number of carbonyl (C=O) groups is 1. The Kier molecular flexibility index (Phi) is 4.14. The van der Waals surface area contributed by atoms with Crippen LogP contribution >= 0.6 is 28.3 Å². The lowest BCUT2D eigenvalue weighted by atomic mass is 10.1. The predicted molar refractivity (Wildman–Crippen MR) is 74.6 cm³/mol. The van der Waals surface area contributed by atoms with Gasteiger partial charge in [-0.25, -0.2) is 0 Å². The van der Waals surface area contributed by atoms with Gasteiger partial charge in [0.25, 0.3) is 5.91 Å². The number of halogens is 2. The molecule has 0 saturated carbocycles. The summed E-state index contributed by atoms with van der Waals surface area (Å²) >= 11 is 3.43. The number of nitrogens with one attached hydrogen (secondary N) is 1. The Bertz CT molecular complexity index is 469. The fourth-order valence-electron chi connectivity index (χ4n) is 2.34. The molecule has 0 radical (unpaired) electrons. The van der Waals surface area contributed by atoms with Crippen LogP contribution in [0.1, 0.15) is 10.4 Å². The van der Waals surface area contributed by atoms with E-state index in [0.717, 1.165) is 24.1 Å². The molecule has 1 saturated heterocycles. The SMILES string of the molecule is Cl.O=C1c2c(Br)cccc2OCC2CNCCN12. The Morgan fingerprint density at radius 2 is 2.28 bits per heavy atom. The van der Waals surface area contributed by atoms with Gasteiger partial charge >= 0.3 is 0 Å². The van der Waals surface area contributed by atoms with Gasteiger partial charge in [0.05, 0.1) is 11.6 Å². The topological polar surface area (TPSA) is 41.6 Å².